The van der Waals surface area contributed by atoms with Crippen LogP contribution >= 0.6 is 0 Å². The minimum atomic E-state index is -0.256. The Morgan fingerprint density at radius 1 is 1.27 bits per heavy atom. The van der Waals surface area contributed by atoms with Crippen LogP contribution in [0, 0.1) is 11.7 Å². The zero-order valence-electron chi connectivity index (χ0n) is 16.3. The number of benzene rings is 1. The summed E-state index contributed by atoms with van der Waals surface area (Å²) in [6.07, 6.45) is 3.73. The van der Waals surface area contributed by atoms with E-state index in [1.54, 1.807) is 19.2 Å². The van der Waals surface area contributed by atoms with Gasteiger partial charge in [-0.05, 0) is 76.0 Å². The van der Waals surface area contributed by atoms with Crippen molar-refractivity contribution in [2.45, 2.75) is 39.2 Å². The van der Waals surface area contributed by atoms with E-state index in [1.807, 2.05) is 6.92 Å². The third-order valence-corrected chi connectivity index (χ3v) is 4.93. The summed E-state index contributed by atoms with van der Waals surface area (Å²) in [5, 5.41) is 6.68. The van der Waals surface area contributed by atoms with Crippen molar-refractivity contribution in [1.29, 1.82) is 0 Å². The highest BCUT2D eigenvalue weighted by Gasteiger charge is 2.17. The number of hydrogen-bond donors (Lipinski definition) is 2. The van der Waals surface area contributed by atoms with E-state index in [2.05, 4.69) is 27.4 Å². The molecule has 2 N–H and O–H groups in total. The molecule has 1 atom stereocenters. The summed E-state index contributed by atoms with van der Waals surface area (Å²) in [5.74, 6) is 2.02. The Bertz CT molecular complexity index is 541. The molecule has 0 saturated carbocycles. The van der Waals surface area contributed by atoms with Gasteiger partial charge in [-0.25, -0.2) is 4.39 Å². The van der Waals surface area contributed by atoms with E-state index >= 15 is 0 Å². The minimum Gasteiger partial charge on any atom is -0.489 e. The molecule has 26 heavy (non-hydrogen) atoms. The Labute approximate surface area is 157 Å². The molecule has 1 saturated heterocycles. The number of rotatable bonds is 8. The van der Waals surface area contributed by atoms with Gasteiger partial charge < -0.3 is 20.3 Å². The van der Waals surface area contributed by atoms with E-state index in [0.29, 0.717) is 12.3 Å². The minimum absolute atomic E-state index is 0.0441. The predicted molar refractivity (Wildman–Crippen MR) is 105 cm³/mol. The third kappa shape index (κ3) is 7.20. The molecular weight excluding hydrogens is 331 g/mol. The van der Waals surface area contributed by atoms with Crippen LogP contribution in [0.1, 0.15) is 33.1 Å². The van der Waals surface area contributed by atoms with Crippen LogP contribution in [-0.4, -0.2) is 56.7 Å². The predicted octanol–water partition coefficient (Wildman–Crippen LogP) is 2.88. The lowest BCUT2D eigenvalue weighted by molar-refractivity contribution is 0.187. The second-order valence-corrected chi connectivity index (χ2v) is 6.93. The number of likely N-dealkylation sites (tertiary alicyclic amines) is 1. The largest absolute Gasteiger partial charge is 0.489 e. The van der Waals surface area contributed by atoms with Gasteiger partial charge in [0.1, 0.15) is 17.7 Å². The van der Waals surface area contributed by atoms with E-state index in [0.717, 1.165) is 18.4 Å². The van der Waals surface area contributed by atoms with Crippen LogP contribution in [0.15, 0.2) is 29.3 Å². The number of hydrogen-bond acceptors (Lipinski definition) is 3. The van der Waals surface area contributed by atoms with Gasteiger partial charge in [0.2, 0.25) is 0 Å². The maximum absolute atomic E-state index is 12.9. The van der Waals surface area contributed by atoms with Crippen molar-refractivity contribution in [3.63, 3.8) is 0 Å². The van der Waals surface area contributed by atoms with Gasteiger partial charge in [-0.15, -0.1) is 0 Å². The van der Waals surface area contributed by atoms with Gasteiger partial charge in [0, 0.05) is 13.6 Å². The van der Waals surface area contributed by atoms with E-state index in [-0.39, 0.29) is 11.9 Å². The molecular formula is C20H33FN4O. The molecule has 1 aliphatic heterocycles. The van der Waals surface area contributed by atoms with Crippen LogP contribution in [0.4, 0.5) is 4.39 Å². The maximum Gasteiger partial charge on any atom is 0.191 e. The molecule has 0 radical (unpaired) electrons. The van der Waals surface area contributed by atoms with Crippen LogP contribution in [0.2, 0.25) is 0 Å². The number of nitrogens with zero attached hydrogens (tertiary/aromatic N) is 2. The average molecular weight is 365 g/mol. The third-order valence-electron chi connectivity index (χ3n) is 4.93. The Hall–Kier alpha value is -1.82. The lowest BCUT2D eigenvalue weighted by Gasteiger charge is -2.31. The van der Waals surface area contributed by atoms with Gasteiger partial charge in [0.25, 0.3) is 0 Å². The quantitative estimate of drug-likeness (QED) is 0.550. The molecule has 0 bridgehead atoms. The Morgan fingerprint density at radius 3 is 2.58 bits per heavy atom. The summed E-state index contributed by atoms with van der Waals surface area (Å²) in [6, 6.07) is 6.09. The first-order chi connectivity index (χ1) is 12.6. The number of guanidine groups is 1. The lowest BCUT2D eigenvalue weighted by Crippen LogP contribution is -2.42. The molecule has 1 aromatic carbocycles. The summed E-state index contributed by atoms with van der Waals surface area (Å²) in [4.78, 5) is 6.79. The average Bonchev–Trinajstić information content (AvgIpc) is 2.67. The standard InChI is InChI=1S/C20H33FN4O/c1-4-25-13-10-17(11-14-25)9-12-23-20(22-3)24-15-16(2)26-19-7-5-18(21)6-8-19/h5-8,16-17H,4,9-15H2,1-3H3,(H2,22,23,24). The van der Waals surface area contributed by atoms with Crippen LogP contribution in [0.5, 0.6) is 5.75 Å². The molecule has 0 aromatic heterocycles. The number of ether oxygens (including phenoxy) is 1. The van der Waals surface area contributed by atoms with Crippen molar-refractivity contribution < 1.29 is 9.13 Å². The van der Waals surface area contributed by atoms with Crippen LogP contribution in [0.25, 0.3) is 0 Å². The molecule has 1 aliphatic rings. The summed E-state index contributed by atoms with van der Waals surface area (Å²) in [5.41, 5.74) is 0. The summed E-state index contributed by atoms with van der Waals surface area (Å²) in [7, 11) is 1.78. The fourth-order valence-electron chi connectivity index (χ4n) is 3.23. The van der Waals surface area contributed by atoms with Gasteiger partial charge in [-0.1, -0.05) is 6.92 Å². The van der Waals surface area contributed by atoms with Crippen molar-refractivity contribution in [2.75, 3.05) is 39.8 Å². The molecule has 146 valence electrons. The van der Waals surface area contributed by atoms with E-state index in [4.69, 9.17) is 4.74 Å². The molecule has 1 fully saturated rings. The highest BCUT2D eigenvalue weighted by molar-refractivity contribution is 5.79. The van der Waals surface area contributed by atoms with Crippen molar-refractivity contribution >= 4 is 5.96 Å². The fourth-order valence-corrected chi connectivity index (χ4v) is 3.23. The van der Waals surface area contributed by atoms with Crippen LogP contribution in [0.3, 0.4) is 0 Å². The molecule has 6 heteroatoms. The van der Waals surface area contributed by atoms with Gasteiger partial charge in [0.05, 0.1) is 6.54 Å². The molecule has 1 heterocycles. The van der Waals surface area contributed by atoms with Crippen LogP contribution < -0.4 is 15.4 Å². The topological polar surface area (TPSA) is 48.9 Å². The molecule has 0 aliphatic carbocycles. The molecule has 5 nitrogen and oxygen atoms in total. The molecule has 1 unspecified atom stereocenters. The summed E-state index contributed by atoms with van der Waals surface area (Å²) in [6.45, 7) is 9.40. The number of halogens is 1. The SMILES string of the molecule is CCN1CCC(CCNC(=NC)NCC(C)Oc2ccc(F)cc2)CC1. The van der Waals surface area contributed by atoms with E-state index in [1.165, 1.54) is 51.0 Å². The first-order valence-corrected chi connectivity index (χ1v) is 9.69. The van der Waals surface area contributed by atoms with Gasteiger partial charge in [-0.2, -0.15) is 0 Å². The zero-order chi connectivity index (χ0) is 18.8. The molecule has 1 aromatic rings. The van der Waals surface area contributed by atoms with Crippen molar-refractivity contribution in [1.82, 2.24) is 15.5 Å². The first kappa shape index (κ1) is 20.5. The highest BCUT2D eigenvalue weighted by atomic mass is 19.1. The second-order valence-electron chi connectivity index (χ2n) is 6.93. The van der Waals surface area contributed by atoms with Gasteiger partial charge >= 0.3 is 0 Å². The van der Waals surface area contributed by atoms with Gasteiger partial charge in [0.15, 0.2) is 5.96 Å². The normalized spacial score (nSPS) is 17.8. The molecule has 0 spiro atoms. The number of nitrogens with one attached hydrogen (secondary N) is 2. The smallest absolute Gasteiger partial charge is 0.191 e. The second kappa shape index (κ2) is 11.0. The van der Waals surface area contributed by atoms with Gasteiger partial charge in [-0.3, -0.25) is 4.99 Å². The maximum atomic E-state index is 12.9. The molecule has 2 rings (SSSR count). The van der Waals surface area contributed by atoms with Crippen molar-refractivity contribution in [3.05, 3.63) is 30.1 Å². The van der Waals surface area contributed by atoms with E-state index < -0.39 is 0 Å². The number of piperidine rings is 1. The summed E-state index contributed by atoms with van der Waals surface area (Å²) < 4.78 is 18.7. The lowest BCUT2D eigenvalue weighted by atomic mass is 9.93. The fraction of sp³-hybridized carbons (Fsp3) is 0.650. The van der Waals surface area contributed by atoms with Crippen molar-refractivity contribution in [2.24, 2.45) is 10.9 Å². The Morgan fingerprint density at radius 2 is 1.96 bits per heavy atom. The number of aliphatic imine (C=N–C) groups is 1. The first-order valence-electron chi connectivity index (χ1n) is 9.69. The van der Waals surface area contributed by atoms with Crippen LogP contribution in [-0.2, 0) is 0 Å². The highest BCUT2D eigenvalue weighted by Crippen LogP contribution is 2.19. The monoisotopic (exact) mass is 364 g/mol. The van der Waals surface area contributed by atoms with Crippen molar-refractivity contribution in [3.8, 4) is 5.75 Å². The molecule has 0 amide bonds. The van der Waals surface area contributed by atoms with E-state index in [9.17, 15) is 4.39 Å². The zero-order valence-corrected chi connectivity index (χ0v) is 16.3. The summed E-state index contributed by atoms with van der Waals surface area (Å²) >= 11 is 0. The Balaban J connectivity index is 1.62. The Kier molecular flexibility index (Phi) is 8.68.